The Hall–Kier alpha value is -2.22. The first-order chi connectivity index (χ1) is 14.5. The van der Waals surface area contributed by atoms with Crippen molar-refractivity contribution in [2.24, 2.45) is 5.92 Å². The summed E-state index contributed by atoms with van der Waals surface area (Å²) >= 11 is 1.43. The van der Waals surface area contributed by atoms with Crippen molar-refractivity contribution in [3.05, 3.63) is 30.1 Å². The molecular formula is C22H32N4O3S. The van der Waals surface area contributed by atoms with E-state index in [-0.39, 0.29) is 12.0 Å². The van der Waals surface area contributed by atoms with Gasteiger partial charge in [0.2, 0.25) is 5.91 Å². The van der Waals surface area contributed by atoms with Crippen LogP contribution >= 0.6 is 11.8 Å². The fourth-order valence-corrected chi connectivity index (χ4v) is 4.41. The second-order valence-corrected chi connectivity index (χ2v) is 9.06. The molecule has 0 saturated heterocycles. The van der Waals surface area contributed by atoms with E-state index in [1.54, 1.807) is 7.11 Å². The summed E-state index contributed by atoms with van der Waals surface area (Å²) in [5.74, 6) is 3.03. The Morgan fingerprint density at radius 3 is 2.67 bits per heavy atom. The number of hydrogen-bond acceptors (Lipinski definition) is 6. The van der Waals surface area contributed by atoms with Gasteiger partial charge in [0.05, 0.1) is 12.9 Å². The lowest BCUT2D eigenvalue weighted by Crippen LogP contribution is -2.33. The van der Waals surface area contributed by atoms with Crippen molar-refractivity contribution in [2.45, 2.75) is 70.3 Å². The second-order valence-electron chi connectivity index (χ2n) is 8.12. The summed E-state index contributed by atoms with van der Waals surface area (Å²) in [6.45, 7) is 7.03. The lowest BCUT2D eigenvalue weighted by atomic mass is 10.2. The van der Waals surface area contributed by atoms with Crippen molar-refractivity contribution in [3.8, 4) is 11.5 Å². The maximum atomic E-state index is 12.3. The summed E-state index contributed by atoms with van der Waals surface area (Å²) in [5.41, 5.74) is 0. The summed E-state index contributed by atoms with van der Waals surface area (Å²) < 4.78 is 13.4. The van der Waals surface area contributed by atoms with Crippen LogP contribution in [0.2, 0.25) is 0 Å². The average Bonchev–Trinajstić information content (AvgIpc) is 3.36. The molecule has 1 aromatic heterocycles. The molecule has 0 spiro atoms. The van der Waals surface area contributed by atoms with Crippen LogP contribution in [-0.4, -0.2) is 39.6 Å². The Morgan fingerprint density at radius 2 is 1.97 bits per heavy atom. The third-order valence-electron chi connectivity index (χ3n) is 5.06. The number of nitrogens with zero attached hydrogens (tertiary/aromatic N) is 3. The minimum atomic E-state index is -0.287. The molecule has 1 amide bonds. The number of ether oxygens (including phenoxy) is 2. The fraction of sp³-hybridized carbons (Fsp3) is 0.591. The lowest BCUT2D eigenvalue weighted by Gasteiger charge is -2.18. The minimum absolute atomic E-state index is 0.0632. The first-order valence-corrected chi connectivity index (χ1v) is 11.6. The van der Waals surface area contributed by atoms with Crippen LogP contribution in [0.3, 0.4) is 0 Å². The van der Waals surface area contributed by atoms with Crippen LogP contribution < -0.4 is 14.8 Å². The molecule has 2 aromatic rings. The maximum Gasteiger partial charge on any atom is 0.230 e. The maximum absolute atomic E-state index is 12.3. The highest BCUT2D eigenvalue weighted by Gasteiger charge is 2.22. The zero-order valence-corrected chi connectivity index (χ0v) is 19.1. The number of carbonyl (C=O) groups is 1. The standard InChI is InChI=1S/C22H32N4O3S/c1-15(2)13-26-21(16(3)29-19-11-7-10-18(12-19)28-4)24-25-22(26)30-14-20(27)23-17-8-5-6-9-17/h7,10-12,15-17H,5-6,8-9,13-14H2,1-4H3,(H,23,27). The van der Waals surface area contributed by atoms with E-state index in [0.29, 0.717) is 23.5 Å². The van der Waals surface area contributed by atoms with Crippen molar-refractivity contribution >= 4 is 17.7 Å². The first-order valence-electron chi connectivity index (χ1n) is 10.6. The number of carbonyl (C=O) groups excluding carboxylic acids is 1. The van der Waals surface area contributed by atoms with Gasteiger partial charge in [0.25, 0.3) is 0 Å². The number of aromatic nitrogens is 3. The third kappa shape index (κ3) is 6.14. The molecule has 1 unspecified atom stereocenters. The van der Waals surface area contributed by atoms with Gasteiger partial charge in [-0.05, 0) is 37.8 Å². The third-order valence-corrected chi connectivity index (χ3v) is 6.03. The first kappa shape index (κ1) is 22.5. The molecule has 0 aliphatic heterocycles. The van der Waals surface area contributed by atoms with Crippen molar-refractivity contribution in [1.82, 2.24) is 20.1 Å². The van der Waals surface area contributed by atoms with Gasteiger partial charge in [0.1, 0.15) is 11.5 Å². The van der Waals surface area contributed by atoms with E-state index in [1.807, 2.05) is 31.2 Å². The number of thioether (sulfide) groups is 1. The Morgan fingerprint density at radius 1 is 1.23 bits per heavy atom. The van der Waals surface area contributed by atoms with Gasteiger partial charge >= 0.3 is 0 Å². The second kappa shape index (κ2) is 10.7. The van der Waals surface area contributed by atoms with Crippen molar-refractivity contribution < 1.29 is 14.3 Å². The number of amides is 1. The summed E-state index contributed by atoms with van der Waals surface area (Å²) in [7, 11) is 1.63. The summed E-state index contributed by atoms with van der Waals surface area (Å²) in [6, 6.07) is 7.85. The predicted octanol–water partition coefficient (Wildman–Crippen LogP) is 4.23. The molecule has 1 aliphatic rings. The van der Waals surface area contributed by atoms with Gasteiger partial charge in [-0.3, -0.25) is 4.79 Å². The molecule has 0 radical (unpaired) electrons. The monoisotopic (exact) mass is 432 g/mol. The lowest BCUT2D eigenvalue weighted by molar-refractivity contribution is -0.119. The molecule has 7 nitrogen and oxygen atoms in total. The molecular weight excluding hydrogens is 400 g/mol. The largest absolute Gasteiger partial charge is 0.497 e. The highest BCUT2D eigenvalue weighted by atomic mass is 32.2. The molecule has 1 fully saturated rings. The van der Waals surface area contributed by atoms with Crippen LogP contribution in [0.5, 0.6) is 11.5 Å². The molecule has 0 bridgehead atoms. The number of nitrogens with one attached hydrogen (secondary N) is 1. The number of methoxy groups -OCH3 is 1. The zero-order valence-electron chi connectivity index (χ0n) is 18.3. The predicted molar refractivity (Wildman–Crippen MR) is 118 cm³/mol. The van der Waals surface area contributed by atoms with Crippen LogP contribution in [0.15, 0.2) is 29.4 Å². The van der Waals surface area contributed by atoms with E-state index in [0.717, 1.165) is 36.1 Å². The van der Waals surface area contributed by atoms with Crippen molar-refractivity contribution in [3.63, 3.8) is 0 Å². The van der Waals surface area contributed by atoms with Crippen LogP contribution in [-0.2, 0) is 11.3 Å². The van der Waals surface area contributed by atoms with E-state index in [4.69, 9.17) is 9.47 Å². The number of benzene rings is 1. The highest BCUT2D eigenvalue weighted by molar-refractivity contribution is 7.99. The Balaban J connectivity index is 1.67. The van der Waals surface area contributed by atoms with E-state index in [1.165, 1.54) is 24.6 Å². The Bertz CT molecular complexity index is 834. The van der Waals surface area contributed by atoms with Gasteiger partial charge in [0, 0.05) is 18.7 Å². The molecule has 1 saturated carbocycles. The highest BCUT2D eigenvalue weighted by Crippen LogP contribution is 2.27. The average molecular weight is 433 g/mol. The van der Waals surface area contributed by atoms with Gasteiger partial charge in [0.15, 0.2) is 17.1 Å². The molecule has 1 N–H and O–H groups in total. The topological polar surface area (TPSA) is 78.3 Å². The molecule has 1 atom stereocenters. The van der Waals surface area contributed by atoms with Crippen molar-refractivity contribution in [2.75, 3.05) is 12.9 Å². The van der Waals surface area contributed by atoms with Gasteiger partial charge in [-0.15, -0.1) is 10.2 Å². The smallest absolute Gasteiger partial charge is 0.230 e. The molecule has 164 valence electrons. The van der Waals surface area contributed by atoms with Crippen LogP contribution in [0, 0.1) is 5.92 Å². The van der Waals surface area contributed by atoms with Gasteiger partial charge in [-0.2, -0.15) is 0 Å². The van der Waals surface area contributed by atoms with Crippen LogP contribution in [0.1, 0.15) is 58.4 Å². The summed E-state index contributed by atoms with van der Waals surface area (Å²) in [4.78, 5) is 12.3. The van der Waals surface area contributed by atoms with Crippen molar-refractivity contribution in [1.29, 1.82) is 0 Å². The minimum Gasteiger partial charge on any atom is -0.497 e. The Labute approximate surface area is 182 Å². The normalized spacial score (nSPS) is 15.4. The van der Waals surface area contributed by atoms with E-state index >= 15 is 0 Å². The Kier molecular flexibility index (Phi) is 8.01. The van der Waals surface area contributed by atoms with E-state index in [2.05, 4.69) is 33.9 Å². The van der Waals surface area contributed by atoms with Crippen LogP contribution in [0.25, 0.3) is 0 Å². The SMILES string of the molecule is COc1cccc(OC(C)c2nnc(SCC(=O)NC3CCCC3)n2CC(C)C)c1. The zero-order chi connectivity index (χ0) is 21.5. The number of rotatable bonds is 10. The fourth-order valence-electron chi connectivity index (χ4n) is 3.65. The molecule has 1 heterocycles. The quantitative estimate of drug-likeness (QED) is 0.566. The van der Waals surface area contributed by atoms with Crippen LogP contribution in [0.4, 0.5) is 0 Å². The van der Waals surface area contributed by atoms with Gasteiger partial charge in [-0.25, -0.2) is 0 Å². The molecule has 30 heavy (non-hydrogen) atoms. The number of hydrogen-bond donors (Lipinski definition) is 1. The van der Waals surface area contributed by atoms with E-state index < -0.39 is 0 Å². The van der Waals surface area contributed by atoms with Gasteiger partial charge in [-0.1, -0.05) is 44.5 Å². The summed E-state index contributed by atoms with van der Waals surface area (Å²) in [5, 5.41) is 12.6. The molecule has 3 rings (SSSR count). The summed E-state index contributed by atoms with van der Waals surface area (Å²) in [6.07, 6.45) is 4.29. The molecule has 1 aromatic carbocycles. The molecule has 8 heteroatoms. The van der Waals surface area contributed by atoms with E-state index in [9.17, 15) is 4.79 Å². The van der Waals surface area contributed by atoms with Gasteiger partial charge < -0.3 is 19.4 Å². The molecule has 1 aliphatic carbocycles.